The number of benzene rings is 1. The Labute approximate surface area is 140 Å². The number of carbonyl (C=O) groups excluding carboxylic acids is 1. The number of aliphatic hydroxyl groups excluding tert-OH is 1. The van der Waals surface area contributed by atoms with Crippen LogP contribution in [0.3, 0.4) is 0 Å². The zero-order valence-corrected chi connectivity index (χ0v) is 13.6. The van der Waals surface area contributed by atoms with Gasteiger partial charge in [-0.05, 0) is 24.3 Å². The van der Waals surface area contributed by atoms with Crippen molar-refractivity contribution in [1.82, 2.24) is 20.2 Å². The molecule has 1 amide bonds. The van der Waals surface area contributed by atoms with Gasteiger partial charge in [0.05, 0.1) is 25.6 Å². The molecule has 1 saturated heterocycles. The number of hydrogen-bond acceptors (Lipinski definition) is 5. The second-order valence-corrected chi connectivity index (χ2v) is 5.89. The number of amides is 1. The number of nitrogens with one attached hydrogen (secondary N) is 2. The summed E-state index contributed by atoms with van der Waals surface area (Å²) in [7, 11) is 1.59. The first kappa shape index (κ1) is 16.5. The second-order valence-electron chi connectivity index (χ2n) is 5.89. The molecule has 1 aromatic heterocycles. The number of methoxy groups -OCH3 is 1. The van der Waals surface area contributed by atoms with Gasteiger partial charge in [0.25, 0.3) is 5.91 Å². The lowest BCUT2D eigenvalue weighted by molar-refractivity contribution is 0.0765. The highest BCUT2D eigenvalue weighted by Crippen LogP contribution is 2.17. The topological polar surface area (TPSA) is 90.5 Å². The maximum Gasteiger partial charge on any atom is 0.254 e. The number of ether oxygens (including phenoxy) is 1. The third-order valence-electron chi connectivity index (χ3n) is 4.27. The first-order valence-electron chi connectivity index (χ1n) is 7.99. The van der Waals surface area contributed by atoms with Crippen LogP contribution in [-0.4, -0.2) is 64.8 Å². The molecule has 0 aliphatic carbocycles. The van der Waals surface area contributed by atoms with Gasteiger partial charge in [-0.25, -0.2) is 4.98 Å². The number of carbonyl (C=O) groups is 1. The van der Waals surface area contributed by atoms with Gasteiger partial charge < -0.3 is 25.0 Å². The molecular weight excluding hydrogens is 308 g/mol. The van der Waals surface area contributed by atoms with E-state index in [1.54, 1.807) is 48.8 Å². The number of aliphatic hydroxyl groups is 1. The minimum absolute atomic E-state index is 0.0745. The Morgan fingerprint density at radius 1 is 1.42 bits per heavy atom. The van der Waals surface area contributed by atoms with Crippen molar-refractivity contribution in [2.24, 2.45) is 0 Å². The van der Waals surface area contributed by atoms with E-state index in [1.807, 2.05) is 0 Å². The van der Waals surface area contributed by atoms with Crippen LogP contribution >= 0.6 is 0 Å². The molecule has 0 spiro atoms. The first-order valence-corrected chi connectivity index (χ1v) is 7.99. The fourth-order valence-corrected chi connectivity index (χ4v) is 2.88. The summed E-state index contributed by atoms with van der Waals surface area (Å²) in [4.78, 5) is 21.2. The fraction of sp³-hybridized carbons (Fsp3) is 0.412. The maximum atomic E-state index is 12.5. The van der Waals surface area contributed by atoms with E-state index in [0.717, 1.165) is 12.1 Å². The first-order chi connectivity index (χ1) is 11.7. The van der Waals surface area contributed by atoms with E-state index in [1.165, 1.54) is 0 Å². The minimum atomic E-state index is -0.561. The van der Waals surface area contributed by atoms with Gasteiger partial charge in [-0.1, -0.05) is 0 Å². The van der Waals surface area contributed by atoms with Gasteiger partial charge in [0.1, 0.15) is 5.75 Å². The third kappa shape index (κ3) is 3.74. The van der Waals surface area contributed by atoms with Gasteiger partial charge in [-0.3, -0.25) is 4.79 Å². The lowest BCUT2D eigenvalue weighted by Crippen LogP contribution is -2.40. The van der Waals surface area contributed by atoms with Gasteiger partial charge in [0, 0.05) is 43.5 Å². The summed E-state index contributed by atoms with van der Waals surface area (Å²) >= 11 is 0. The Morgan fingerprint density at radius 3 is 2.88 bits per heavy atom. The number of β-amino-alcohol motifs (C(OH)–C–C–N with tert-alkyl or cyclic N) is 1. The molecule has 3 rings (SSSR count). The molecule has 7 nitrogen and oxygen atoms in total. The molecular formula is C17H22N4O3. The van der Waals surface area contributed by atoms with E-state index >= 15 is 0 Å². The molecule has 2 heterocycles. The highest BCUT2D eigenvalue weighted by molar-refractivity contribution is 5.94. The molecule has 1 fully saturated rings. The summed E-state index contributed by atoms with van der Waals surface area (Å²) in [6, 6.07) is 6.90. The van der Waals surface area contributed by atoms with Crippen molar-refractivity contribution in [1.29, 1.82) is 0 Å². The number of H-pyrrole nitrogens is 1. The van der Waals surface area contributed by atoms with Crippen molar-refractivity contribution in [2.45, 2.75) is 18.6 Å². The molecule has 0 bridgehead atoms. The summed E-state index contributed by atoms with van der Waals surface area (Å²) < 4.78 is 5.10. The zero-order valence-electron chi connectivity index (χ0n) is 13.6. The monoisotopic (exact) mass is 330 g/mol. The standard InChI is InChI=1S/C17H22N4O3/c1-24-14-4-2-12(3-5-14)17(23)21-9-15(16(22)10-21)19-7-6-13-8-18-11-20-13/h2-5,8,11,15-16,19,22H,6-7,9-10H2,1H3,(H,18,20)/t15-,16-/m1/s1. The molecule has 128 valence electrons. The molecule has 24 heavy (non-hydrogen) atoms. The van der Waals surface area contributed by atoms with E-state index < -0.39 is 6.10 Å². The Morgan fingerprint density at radius 2 is 2.21 bits per heavy atom. The summed E-state index contributed by atoms with van der Waals surface area (Å²) in [5, 5.41) is 13.5. The molecule has 2 atom stereocenters. The van der Waals surface area contributed by atoms with Gasteiger partial charge in [0.15, 0.2) is 0 Å². The largest absolute Gasteiger partial charge is 0.497 e. The molecule has 0 saturated carbocycles. The summed E-state index contributed by atoms with van der Waals surface area (Å²) in [5.74, 6) is 0.640. The molecule has 0 unspecified atom stereocenters. The number of hydrogen-bond donors (Lipinski definition) is 3. The smallest absolute Gasteiger partial charge is 0.254 e. The molecule has 1 aliphatic rings. The summed E-state index contributed by atoms with van der Waals surface area (Å²) in [5.41, 5.74) is 1.64. The summed E-state index contributed by atoms with van der Waals surface area (Å²) in [6.45, 7) is 1.55. The average molecular weight is 330 g/mol. The normalized spacial score (nSPS) is 20.3. The lowest BCUT2D eigenvalue weighted by atomic mass is 10.2. The van der Waals surface area contributed by atoms with Crippen LogP contribution in [0.1, 0.15) is 16.1 Å². The predicted molar refractivity (Wildman–Crippen MR) is 89.0 cm³/mol. The van der Waals surface area contributed by atoms with Crippen molar-refractivity contribution in [3.05, 3.63) is 48.0 Å². The Balaban J connectivity index is 1.53. The number of aromatic amines is 1. The number of nitrogens with zero attached hydrogens (tertiary/aromatic N) is 2. The van der Waals surface area contributed by atoms with Crippen molar-refractivity contribution in [2.75, 3.05) is 26.7 Å². The van der Waals surface area contributed by atoms with Crippen LogP contribution in [0.25, 0.3) is 0 Å². The molecule has 1 aromatic carbocycles. The van der Waals surface area contributed by atoms with Crippen molar-refractivity contribution < 1.29 is 14.6 Å². The van der Waals surface area contributed by atoms with E-state index in [2.05, 4.69) is 15.3 Å². The van der Waals surface area contributed by atoms with E-state index in [4.69, 9.17) is 4.74 Å². The van der Waals surface area contributed by atoms with Crippen LogP contribution in [0, 0.1) is 0 Å². The third-order valence-corrected chi connectivity index (χ3v) is 4.27. The van der Waals surface area contributed by atoms with Crippen LogP contribution < -0.4 is 10.1 Å². The predicted octanol–water partition coefficient (Wildman–Crippen LogP) is 0.436. The minimum Gasteiger partial charge on any atom is -0.497 e. The van der Waals surface area contributed by atoms with Crippen LogP contribution in [0.4, 0.5) is 0 Å². The van der Waals surface area contributed by atoms with Gasteiger partial charge >= 0.3 is 0 Å². The molecule has 1 aliphatic heterocycles. The lowest BCUT2D eigenvalue weighted by Gasteiger charge is -2.17. The molecule has 7 heteroatoms. The average Bonchev–Trinajstić information content (AvgIpc) is 3.25. The molecule has 3 N–H and O–H groups in total. The molecule has 2 aromatic rings. The van der Waals surface area contributed by atoms with E-state index in [0.29, 0.717) is 30.9 Å². The highest BCUT2D eigenvalue weighted by Gasteiger charge is 2.33. The number of aromatic nitrogens is 2. The van der Waals surface area contributed by atoms with Gasteiger partial charge in [-0.2, -0.15) is 0 Å². The Hall–Kier alpha value is -2.38. The Bertz CT molecular complexity index is 657. The SMILES string of the molecule is COc1ccc(C(=O)N2C[C@@H](O)[C@H](NCCc3cnc[nH]3)C2)cc1. The van der Waals surface area contributed by atoms with Crippen molar-refractivity contribution >= 4 is 5.91 Å². The highest BCUT2D eigenvalue weighted by atomic mass is 16.5. The fourth-order valence-electron chi connectivity index (χ4n) is 2.88. The summed E-state index contributed by atoms with van der Waals surface area (Å²) in [6.07, 6.45) is 3.67. The molecule has 0 radical (unpaired) electrons. The van der Waals surface area contributed by atoms with Crippen molar-refractivity contribution in [3.63, 3.8) is 0 Å². The van der Waals surface area contributed by atoms with E-state index in [9.17, 15) is 9.90 Å². The van der Waals surface area contributed by atoms with Crippen LogP contribution in [0.2, 0.25) is 0 Å². The van der Waals surface area contributed by atoms with Crippen LogP contribution in [0.5, 0.6) is 5.75 Å². The van der Waals surface area contributed by atoms with Crippen LogP contribution in [0.15, 0.2) is 36.8 Å². The van der Waals surface area contributed by atoms with E-state index in [-0.39, 0.29) is 11.9 Å². The van der Waals surface area contributed by atoms with Gasteiger partial charge in [-0.15, -0.1) is 0 Å². The van der Waals surface area contributed by atoms with Crippen LogP contribution in [-0.2, 0) is 6.42 Å². The Kier molecular flexibility index (Phi) is 5.12. The quantitative estimate of drug-likeness (QED) is 0.715. The van der Waals surface area contributed by atoms with Gasteiger partial charge in [0.2, 0.25) is 0 Å². The zero-order chi connectivity index (χ0) is 16.9. The number of rotatable bonds is 6. The maximum absolute atomic E-state index is 12.5. The number of imidazole rings is 1. The number of likely N-dealkylation sites (tertiary alicyclic amines) is 1. The second kappa shape index (κ2) is 7.46. The van der Waals surface area contributed by atoms with Crippen molar-refractivity contribution in [3.8, 4) is 5.75 Å².